The quantitative estimate of drug-likeness (QED) is 0.238. The van der Waals surface area contributed by atoms with E-state index in [1.54, 1.807) is 19.1 Å². The number of aromatic amines is 1. The average Bonchev–Trinajstić information content (AvgIpc) is 3.69. The van der Waals surface area contributed by atoms with Crippen LogP contribution < -0.4 is 15.2 Å². The Morgan fingerprint density at radius 3 is 2.65 bits per heavy atom. The van der Waals surface area contributed by atoms with Crippen molar-refractivity contribution in [3.8, 4) is 23.0 Å². The molecule has 0 spiro atoms. The summed E-state index contributed by atoms with van der Waals surface area (Å²) in [6.45, 7) is 7.55. The van der Waals surface area contributed by atoms with Gasteiger partial charge in [-0.3, -0.25) is 14.4 Å². The summed E-state index contributed by atoms with van der Waals surface area (Å²) < 4.78 is 40.2. The molecule has 2 atom stereocenters. The molecule has 8 rings (SSSR count). The van der Waals surface area contributed by atoms with Crippen molar-refractivity contribution in [2.75, 3.05) is 19.7 Å². The Balaban J connectivity index is 1.02. The van der Waals surface area contributed by atoms with E-state index in [1.165, 1.54) is 6.07 Å². The third-order valence-corrected chi connectivity index (χ3v) is 9.50. The maximum Gasteiger partial charge on any atom is 0.439 e. The first-order chi connectivity index (χ1) is 22.2. The molecule has 2 saturated heterocycles. The van der Waals surface area contributed by atoms with Crippen LogP contribution in [0, 0.1) is 12.7 Å². The Morgan fingerprint density at radius 1 is 1.11 bits per heavy atom. The highest BCUT2D eigenvalue weighted by atomic mass is 35.5. The molecule has 11 nitrogen and oxygen atoms in total. The third kappa shape index (κ3) is 5.14. The molecule has 3 aromatic heterocycles. The lowest BCUT2D eigenvalue weighted by atomic mass is 9.88. The van der Waals surface area contributed by atoms with Crippen LogP contribution >= 0.6 is 11.6 Å². The summed E-state index contributed by atoms with van der Waals surface area (Å²) >= 11 is 5.99. The molecule has 1 N–H and O–H groups in total. The molecular weight excluding hydrogens is 615 g/mol. The van der Waals surface area contributed by atoms with Crippen molar-refractivity contribution in [2.24, 2.45) is 0 Å². The average molecular weight is 647 g/mol. The highest BCUT2D eigenvalue weighted by Crippen LogP contribution is 2.50. The van der Waals surface area contributed by atoms with Gasteiger partial charge in [0.2, 0.25) is 5.82 Å². The summed E-state index contributed by atoms with van der Waals surface area (Å²) in [7, 11) is 0. The van der Waals surface area contributed by atoms with Gasteiger partial charge < -0.3 is 18.8 Å². The Labute approximate surface area is 268 Å². The molecule has 0 aliphatic carbocycles. The number of aryl methyl sites for hydroxylation is 1. The van der Waals surface area contributed by atoms with Gasteiger partial charge in [-0.2, -0.15) is 0 Å². The second kappa shape index (κ2) is 11.2. The highest BCUT2D eigenvalue weighted by molar-refractivity contribution is 6.30. The van der Waals surface area contributed by atoms with E-state index in [9.17, 15) is 9.18 Å². The fraction of sp³-hybridized carbons (Fsp3) is 0.394. The van der Waals surface area contributed by atoms with E-state index in [2.05, 4.69) is 25.7 Å². The Bertz CT molecular complexity index is 2010. The highest BCUT2D eigenvalue weighted by Gasteiger charge is 2.43. The first-order valence-electron chi connectivity index (χ1n) is 15.5. The smallest absolute Gasteiger partial charge is 0.439 e. The molecule has 2 fully saturated rings. The number of likely N-dealkylation sites (tertiary alicyclic amines) is 1. The number of rotatable bonds is 7. The largest absolute Gasteiger partial charge is 0.444 e. The predicted molar refractivity (Wildman–Crippen MR) is 166 cm³/mol. The molecule has 2 unspecified atom stereocenters. The molecule has 0 amide bonds. The van der Waals surface area contributed by atoms with E-state index in [4.69, 9.17) is 40.3 Å². The number of halogens is 2. The molecule has 238 valence electrons. The zero-order chi connectivity index (χ0) is 31.6. The van der Waals surface area contributed by atoms with Gasteiger partial charge in [0, 0.05) is 24.1 Å². The fourth-order valence-electron chi connectivity index (χ4n) is 6.85. The molecule has 3 aliphatic heterocycles. The Kier molecular flexibility index (Phi) is 7.11. The minimum atomic E-state index is -1.28. The van der Waals surface area contributed by atoms with Crippen molar-refractivity contribution in [3.63, 3.8) is 0 Å². The van der Waals surface area contributed by atoms with Gasteiger partial charge in [-0.05, 0) is 75.5 Å². The number of ether oxygens (including phenoxy) is 3. The number of fused-ring (bicyclic) bond motifs is 2. The van der Waals surface area contributed by atoms with Gasteiger partial charge in [-0.1, -0.05) is 28.9 Å². The van der Waals surface area contributed by atoms with Crippen LogP contribution in [0.15, 0.2) is 51.8 Å². The van der Waals surface area contributed by atoms with Crippen LogP contribution in [0.5, 0.6) is 11.5 Å². The lowest BCUT2D eigenvalue weighted by molar-refractivity contribution is -0.0712. The molecule has 0 saturated carbocycles. The number of benzene rings is 2. The molecule has 0 radical (unpaired) electrons. The summed E-state index contributed by atoms with van der Waals surface area (Å²) in [5, 5.41) is 4.12. The van der Waals surface area contributed by atoms with Gasteiger partial charge in [0.1, 0.15) is 17.3 Å². The minimum Gasteiger partial charge on any atom is -0.444 e. The summed E-state index contributed by atoms with van der Waals surface area (Å²) in [6.07, 6.45) is 2.98. The normalized spacial score (nSPS) is 21.6. The Morgan fingerprint density at radius 2 is 1.93 bits per heavy atom. The van der Waals surface area contributed by atoms with Gasteiger partial charge in [0.15, 0.2) is 11.5 Å². The number of imidazole rings is 1. The molecule has 0 bridgehead atoms. The molecule has 6 heterocycles. The van der Waals surface area contributed by atoms with Crippen LogP contribution in [-0.4, -0.2) is 55.4 Å². The van der Waals surface area contributed by atoms with Crippen molar-refractivity contribution < 1.29 is 23.1 Å². The first kappa shape index (κ1) is 29.2. The number of H-pyrrole nitrogens is 1. The first-order valence-corrected chi connectivity index (χ1v) is 15.9. The number of hydrogen-bond acceptors (Lipinski definition) is 9. The number of aromatic nitrogens is 5. The van der Waals surface area contributed by atoms with Crippen LogP contribution in [-0.2, 0) is 23.6 Å². The molecule has 46 heavy (non-hydrogen) atoms. The molecule has 13 heteroatoms. The van der Waals surface area contributed by atoms with Crippen molar-refractivity contribution in [2.45, 2.75) is 64.0 Å². The minimum absolute atomic E-state index is 0.141. The summed E-state index contributed by atoms with van der Waals surface area (Å²) in [5.41, 5.74) is 4.41. The second-order valence-electron chi connectivity index (χ2n) is 12.3. The van der Waals surface area contributed by atoms with Crippen molar-refractivity contribution in [1.29, 1.82) is 0 Å². The van der Waals surface area contributed by atoms with Gasteiger partial charge in [0.25, 0.3) is 5.79 Å². The summed E-state index contributed by atoms with van der Waals surface area (Å²) in [4.78, 5) is 26.3. The summed E-state index contributed by atoms with van der Waals surface area (Å²) in [5.74, 6) is 0.376. The maximum atomic E-state index is 14.9. The topological polar surface area (TPSA) is 121 Å². The second-order valence-corrected chi connectivity index (χ2v) is 12.8. The molecule has 5 aromatic rings. The van der Waals surface area contributed by atoms with Crippen LogP contribution in [0.4, 0.5) is 4.39 Å². The van der Waals surface area contributed by atoms with Crippen molar-refractivity contribution >= 4 is 22.6 Å². The van der Waals surface area contributed by atoms with Crippen molar-refractivity contribution in [3.05, 3.63) is 86.5 Å². The SMILES string of the molecule is Cc1nc(-c2noc(=O)[nH]2)cc2nc(CN3CCC(c4cccc5c4OC(C)(c4ccc(Cl)cc4F)O5)CC3)n(CC3CCO3)c12. The molecular formula is C33H32ClFN6O5. The molecule has 2 aromatic carbocycles. The van der Waals surface area contributed by atoms with Crippen LogP contribution in [0.1, 0.15) is 54.7 Å². The van der Waals surface area contributed by atoms with Gasteiger partial charge in [0.05, 0.1) is 41.5 Å². The van der Waals surface area contributed by atoms with Crippen LogP contribution in [0.2, 0.25) is 5.02 Å². The van der Waals surface area contributed by atoms with Gasteiger partial charge in [-0.15, -0.1) is 0 Å². The van der Waals surface area contributed by atoms with Crippen LogP contribution in [0.25, 0.3) is 22.6 Å². The number of piperidine rings is 1. The maximum absolute atomic E-state index is 14.9. The fourth-order valence-corrected chi connectivity index (χ4v) is 7.01. The van der Waals surface area contributed by atoms with E-state index in [0.29, 0.717) is 40.9 Å². The van der Waals surface area contributed by atoms with E-state index < -0.39 is 17.4 Å². The number of pyridine rings is 1. The van der Waals surface area contributed by atoms with Gasteiger partial charge >= 0.3 is 5.76 Å². The monoisotopic (exact) mass is 646 g/mol. The van der Waals surface area contributed by atoms with Crippen molar-refractivity contribution in [1.82, 2.24) is 29.6 Å². The number of para-hydroxylation sites is 1. The lowest BCUT2D eigenvalue weighted by Crippen LogP contribution is -2.35. The van der Waals surface area contributed by atoms with E-state index in [1.807, 2.05) is 25.1 Å². The Hall–Kier alpha value is -4.26. The van der Waals surface area contributed by atoms with E-state index >= 15 is 0 Å². The number of nitrogens with one attached hydrogen (secondary N) is 1. The van der Waals surface area contributed by atoms with E-state index in [0.717, 1.165) is 67.1 Å². The van der Waals surface area contributed by atoms with Crippen LogP contribution in [0.3, 0.4) is 0 Å². The lowest BCUT2D eigenvalue weighted by Gasteiger charge is -2.33. The number of hydrogen-bond donors (Lipinski definition) is 1. The zero-order valence-corrected chi connectivity index (χ0v) is 26.1. The summed E-state index contributed by atoms with van der Waals surface area (Å²) in [6, 6.07) is 12.3. The van der Waals surface area contributed by atoms with Gasteiger partial charge in [-0.25, -0.2) is 19.2 Å². The van der Waals surface area contributed by atoms with E-state index in [-0.39, 0.29) is 17.8 Å². The zero-order valence-electron chi connectivity index (χ0n) is 25.4. The number of nitrogens with zero attached hydrogens (tertiary/aromatic N) is 5. The standard InChI is InChI=1S/C33H32ClFN6O5/c1-18-29-25(15-26(36-18)31-38-32(42)46-39-31)37-28(41(29)16-21-10-13-43-21)17-40-11-8-19(9-12-40)22-4-3-5-27-30(22)45-33(2,44-27)23-7-6-20(34)14-24(23)35/h3-7,14-15,19,21H,8-13,16-17H2,1-2H3,(H,38,39,42). The predicted octanol–water partition coefficient (Wildman–Crippen LogP) is 5.69. The third-order valence-electron chi connectivity index (χ3n) is 9.26. The molecule has 3 aliphatic rings.